The first-order valence-electron chi connectivity index (χ1n) is 12.5. The monoisotopic (exact) mass is 423 g/mol. The first-order chi connectivity index (χ1) is 15.2. The van der Waals surface area contributed by atoms with Crippen LogP contribution in [0, 0.1) is 0 Å². The molecule has 2 aliphatic carbocycles. The molecular formula is C28H45N3. The molecule has 31 heavy (non-hydrogen) atoms. The summed E-state index contributed by atoms with van der Waals surface area (Å²) in [5.74, 6) is 0. The number of likely N-dealkylation sites (tertiary alicyclic amines) is 1. The number of rotatable bonds is 4. The van der Waals surface area contributed by atoms with Gasteiger partial charge >= 0.3 is 0 Å². The van der Waals surface area contributed by atoms with Crippen LogP contribution in [0.3, 0.4) is 0 Å². The zero-order valence-corrected chi connectivity index (χ0v) is 20.5. The standard InChI is InChI=1S/C15H22N2.C9H11N.2C2H6/c1-17-9-7-15(17)6-8-16-14-10-12-4-2-3-5-13(12)11-14;10-9-5-7-3-1-2-4-8(7)6-9;2*1-2/h2-5,14-16H,6-11H2,1H3;1-4,9H,5-6,10H2;2*1-2H3. The predicted octanol–water partition coefficient (Wildman–Crippen LogP) is 5.00. The van der Waals surface area contributed by atoms with Gasteiger partial charge in [0, 0.05) is 18.1 Å². The Bertz CT molecular complexity index is 707. The van der Waals surface area contributed by atoms with Gasteiger partial charge in [0.2, 0.25) is 0 Å². The van der Waals surface area contributed by atoms with E-state index < -0.39 is 0 Å². The van der Waals surface area contributed by atoms with Crippen molar-refractivity contribution in [2.24, 2.45) is 5.73 Å². The van der Waals surface area contributed by atoms with Crippen LogP contribution in [-0.4, -0.2) is 43.2 Å². The van der Waals surface area contributed by atoms with Crippen LogP contribution in [0.2, 0.25) is 0 Å². The molecule has 1 saturated heterocycles. The second kappa shape index (κ2) is 13.7. The minimum absolute atomic E-state index is 0.373. The van der Waals surface area contributed by atoms with E-state index in [0.717, 1.165) is 18.9 Å². The van der Waals surface area contributed by atoms with E-state index >= 15 is 0 Å². The summed E-state index contributed by atoms with van der Waals surface area (Å²) in [5.41, 5.74) is 11.8. The Kier molecular flexibility index (Phi) is 11.3. The number of nitrogens with zero attached hydrogens (tertiary/aromatic N) is 1. The lowest BCUT2D eigenvalue weighted by atomic mass is 10.0. The van der Waals surface area contributed by atoms with Crippen molar-refractivity contribution in [3.63, 3.8) is 0 Å². The summed E-state index contributed by atoms with van der Waals surface area (Å²) in [4.78, 5) is 2.46. The van der Waals surface area contributed by atoms with Gasteiger partial charge in [-0.25, -0.2) is 0 Å². The summed E-state index contributed by atoms with van der Waals surface area (Å²) in [5, 5.41) is 3.72. The van der Waals surface area contributed by atoms with E-state index in [1.165, 1.54) is 49.9 Å². The van der Waals surface area contributed by atoms with Gasteiger partial charge in [0.1, 0.15) is 0 Å². The maximum Gasteiger partial charge on any atom is 0.0148 e. The highest BCUT2D eigenvalue weighted by atomic mass is 15.2. The minimum atomic E-state index is 0.373. The van der Waals surface area contributed by atoms with E-state index in [2.05, 4.69) is 65.8 Å². The second-order valence-electron chi connectivity index (χ2n) is 8.48. The lowest BCUT2D eigenvalue weighted by molar-refractivity contribution is 0.117. The van der Waals surface area contributed by atoms with Crippen molar-refractivity contribution in [3.8, 4) is 0 Å². The largest absolute Gasteiger partial charge is 0.327 e. The Morgan fingerprint density at radius 1 is 0.806 bits per heavy atom. The number of fused-ring (bicyclic) bond motifs is 2. The van der Waals surface area contributed by atoms with Crippen molar-refractivity contribution < 1.29 is 0 Å². The average molecular weight is 424 g/mol. The quantitative estimate of drug-likeness (QED) is 0.727. The Hall–Kier alpha value is -1.68. The van der Waals surface area contributed by atoms with Crippen LogP contribution in [-0.2, 0) is 25.7 Å². The molecule has 0 bridgehead atoms. The molecule has 1 heterocycles. The molecule has 5 rings (SSSR count). The second-order valence-corrected chi connectivity index (χ2v) is 8.48. The molecule has 3 heteroatoms. The van der Waals surface area contributed by atoms with Crippen LogP contribution in [0.4, 0.5) is 0 Å². The van der Waals surface area contributed by atoms with Gasteiger partial charge in [-0.3, -0.25) is 0 Å². The van der Waals surface area contributed by atoms with Gasteiger partial charge < -0.3 is 16.0 Å². The van der Waals surface area contributed by atoms with Gasteiger partial charge in [0.05, 0.1) is 0 Å². The third-order valence-corrected chi connectivity index (χ3v) is 6.48. The van der Waals surface area contributed by atoms with Crippen LogP contribution < -0.4 is 11.1 Å². The fourth-order valence-electron chi connectivity index (χ4n) is 4.68. The molecule has 172 valence electrons. The molecule has 1 fully saturated rings. The highest BCUT2D eigenvalue weighted by molar-refractivity contribution is 5.33. The minimum Gasteiger partial charge on any atom is -0.327 e. The zero-order valence-electron chi connectivity index (χ0n) is 20.5. The Balaban J connectivity index is 0.000000208. The first kappa shape index (κ1) is 25.6. The number of nitrogens with two attached hydrogens (primary N) is 1. The van der Waals surface area contributed by atoms with Gasteiger partial charge in [-0.05, 0) is 80.9 Å². The normalized spacial score (nSPS) is 19.5. The molecular weight excluding hydrogens is 378 g/mol. The number of benzene rings is 2. The number of nitrogens with one attached hydrogen (secondary N) is 1. The van der Waals surface area contributed by atoms with Crippen molar-refractivity contribution in [1.29, 1.82) is 0 Å². The first-order valence-corrected chi connectivity index (χ1v) is 12.5. The smallest absolute Gasteiger partial charge is 0.0148 e. The molecule has 3 nitrogen and oxygen atoms in total. The van der Waals surface area contributed by atoms with Crippen LogP contribution >= 0.6 is 0 Å². The summed E-state index contributed by atoms with van der Waals surface area (Å²) in [6.45, 7) is 10.5. The van der Waals surface area contributed by atoms with E-state index in [0.29, 0.717) is 12.1 Å². The molecule has 0 saturated carbocycles. The van der Waals surface area contributed by atoms with Crippen molar-refractivity contribution in [3.05, 3.63) is 70.8 Å². The maximum atomic E-state index is 5.78. The topological polar surface area (TPSA) is 41.3 Å². The molecule has 2 aromatic rings. The molecule has 1 aliphatic heterocycles. The maximum absolute atomic E-state index is 5.78. The Labute approximate surface area is 191 Å². The molecule has 1 atom stereocenters. The van der Waals surface area contributed by atoms with Gasteiger partial charge in [0.15, 0.2) is 0 Å². The molecule has 0 amide bonds. The van der Waals surface area contributed by atoms with Crippen molar-refractivity contribution >= 4 is 0 Å². The third kappa shape index (κ3) is 7.45. The molecule has 0 radical (unpaired) electrons. The SMILES string of the molecule is CC.CC.CN1CCC1CCNC1Cc2ccccc2C1.NC1Cc2ccccc2C1. The summed E-state index contributed by atoms with van der Waals surface area (Å²) < 4.78 is 0. The summed E-state index contributed by atoms with van der Waals surface area (Å²) in [6, 6.07) is 19.3. The molecule has 1 unspecified atom stereocenters. The van der Waals surface area contributed by atoms with Crippen molar-refractivity contribution in [2.75, 3.05) is 20.1 Å². The number of hydrogen-bond donors (Lipinski definition) is 2. The van der Waals surface area contributed by atoms with E-state index in [1.54, 1.807) is 11.1 Å². The summed E-state index contributed by atoms with van der Waals surface area (Å²) >= 11 is 0. The highest BCUT2D eigenvalue weighted by Crippen LogP contribution is 2.22. The van der Waals surface area contributed by atoms with Crippen LogP contribution in [0.5, 0.6) is 0 Å². The van der Waals surface area contributed by atoms with Gasteiger partial charge in [-0.15, -0.1) is 0 Å². The predicted molar refractivity (Wildman–Crippen MR) is 136 cm³/mol. The van der Waals surface area contributed by atoms with Crippen LogP contribution in [0.15, 0.2) is 48.5 Å². The average Bonchev–Trinajstić information content (AvgIpc) is 3.40. The van der Waals surface area contributed by atoms with Crippen LogP contribution in [0.25, 0.3) is 0 Å². The van der Waals surface area contributed by atoms with Gasteiger partial charge in [-0.1, -0.05) is 76.2 Å². The zero-order chi connectivity index (χ0) is 22.6. The molecule has 0 spiro atoms. The molecule has 3 N–H and O–H groups in total. The van der Waals surface area contributed by atoms with Crippen molar-refractivity contribution in [1.82, 2.24) is 10.2 Å². The van der Waals surface area contributed by atoms with E-state index in [9.17, 15) is 0 Å². The Morgan fingerprint density at radius 3 is 1.65 bits per heavy atom. The lowest BCUT2D eigenvalue weighted by Gasteiger charge is -2.38. The van der Waals surface area contributed by atoms with Crippen LogP contribution in [0.1, 0.15) is 62.8 Å². The fraction of sp³-hybridized carbons (Fsp3) is 0.571. The van der Waals surface area contributed by atoms with Gasteiger partial charge in [-0.2, -0.15) is 0 Å². The van der Waals surface area contributed by atoms with E-state index in [-0.39, 0.29) is 0 Å². The summed E-state index contributed by atoms with van der Waals surface area (Å²) in [7, 11) is 2.24. The van der Waals surface area contributed by atoms with Crippen molar-refractivity contribution in [2.45, 2.75) is 84.3 Å². The summed E-state index contributed by atoms with van der Waals surface area (Å²) in [6.07, 6.45) is 7.27. The van der Waals surface area contributed by atoms with Gasteiger partial charge in [0.25, 0.3) is 0 Å². The highest BCUT2D eigenvalue weighted by Gasteiger charge is 2.24. The van der Waals surface area contributed by atoms with E-state index in [4.69, 9.17) is 5.73 Å². The fourth-order valence-corrected chi connectivity index (χ4v) is 4.68. The molecule has 2 aromatic carbocycles. The Morgan fingerprint density at radius 2 is 1.26 bits per heavy atom. The number of hydrogen-bond acceptors (Lipinski definition) is 3. The third-order valence-electron chi connectivity index (χ3n) is 6.48. The molecule has 0 aromatic heterocycles. The lowest BCUT2D eigenvalue weighted by Crippen LogP contribution is -2.46. The molecule has 3 aliphatic rings. The van der Waals surface area contributed by atoms with E-state index in [1.807, 2.05) is 27.7 Å².